The molecular weight excluding hydrogens is 196 g/mol. The third kappa shape index (κ3) is 2.00. The first-order valence-electron chi connectivity index (χ1n) is 4.87. The topological polar surface area (TPSA) is 73.4 Å². The smallest absolute Gasteiger partial charge is 0.267 e. The summed E-state index contributed by atoms with van der Waals surface area (Å²) in [7, 11) is 1.78. The minimum Gasteiger partial charge on any atom is -0.316 e. The summed E-state index contributed by atoms with van der Waals surface area (Å²) in [6.07, 6.45) is 4.20. The Kier molecular flexibility index (Phi) is 2.70. The molecule has 1 atom stereocenters. The molecule has 0 spiro atoms. The Hall–Kier alpha value is -1.40. The minimum absolute atomic E-state index is 0.208. The summed E-state index contributed by atoms with van der Waals surface area (Å²) in [6, 6.07) is -0.684. The van der Waals surface area contributed by atoms with Gasteiger partial charge in [0.2, 0.25) is 0 Å². The largest absolute Gasteiger partial charge is 0.316 e. The van der Waals surface area contributed by atoms with E-state index < -0.39 is 6.04 Å². The minimum atomic E-state index is -0.684. The molecule has 2 N–H and O–H groups in total. The standard InChI is InChI=1S/C9H14N4O2/c1-12-6-7(5-11-12)8(10)9(14)13-3-2-4-15-13/h5-6,8H,2-4,10H2,1H3. The monoisotopic (exact) mass is 210 g/mol. The molecule has 2 rings (SSSR count). The van der Waals surface area contributed by atoms with Gasteiger partial charge in [0.1, 0.15) is 6.04 Å². The number of carbonyl (C=O) groups excluding carboxylic acids is 1. The van der Waals surface area contributed by atoms with Crippen LogP contribution in [0.25, 0.3) is 0 Å². The van der Waals surface area contributed by atoms with Gasteiger partial charge >= 0.3 is 0 Å². The molecule has 0 aliphatic carbocycles. The molecule has 0 bridgehead atoms. The van der Waals surface area contributed by atoms with Gasteiger partial charge in [-0.05, 0) is 6.42 Å². The van der Waals surface area contributed by atoms with Crippen molar-refractivity contribution in [2.24, 2.45) is 12.8 Å². The number of rotatable bonds is 2. The Morgan fingerprint density at radius 3 is 3.07 bits per heavy atom. The summed E-state index contributed by atoms with van der Waals surface area (Å²) in [4.78, 5) is 16.9. The van der Waals surface area contributed by atoms with E-state index in [0.717, 1.165) is 6.42 Å². The Labute approximate surface area is 87.6 Å². The lowest BCUT2D eigenvalue weighted by molar-refractivity contribution is -0.170. The van der Waals surface area contributed by atoms with E-state index in [-0.39, 0.29) is 5.91 Å². The second kappa shape index (κ2) is 4.00. The number of aromatic nitrogens is 2. The summed E-state index contributed by atoms with van der Waals surface area (Å²) in [5.74, 6) is -0.208. The lowest BCUT2D eigenvalue weighted by Gasteiger charge is -2.17. The summed E-state index contributed by atoms with van der Waals surface area (Å²) in [5, 5.41) is 5.30. The second-order valence-electron chi connectivity index (χ2n) is 3.55. The molecule has 1 aliphatic rings. The quantitative estimate of drug-likeness (QED) is 0.719. The molecule has 1 amide bonds. The molecule has 1 aromatic rings. The number of hydroxylamine groups is 2. The lowest BCUT2D eigenvalue weighted by atomic mass is 10.1. The molecule has 1 fully saturated rings. The highest BCUT2D eigenvalue weighted by Crippen LogP contribution is 2.15. The van der Waals surface area contributed by atoms with Gasteiger partial charge in [0.05, 0.1) is 19.3 Å². The van der Waals surface area contributed by atoms with E-state index in [1.54, 1.807) is 24.1 Å². The van der Waals surface area contributed by atoms with E-state index in [0.29, 0.717) is 18.7 Å². The van der Waals surface area contributed by atoms with Crippen molar-refractivity contribution >= 4 is 5.91 Å². The first kappa shape index (κ1) is 10.1. The van der Waals surface area contributed by atoms with Gasteiger partial charge in [-0.15, -0.1) is 0 Å². The van der Waals surface area contributed by atoms with Crippen LogP contribution in [0.3, 0.4) is 0 Å². The van der Waals surface area contributed by atoms with Gasteiger partial charge in [-0.3, -0.25) is 14.3 Å². The van der Waals surface area contributed by atoms with Crippen LogP contribution in [0.2, 0.25) is 0 Å². The molecular formula is C9H14N4O2. The van der Waals surface area contributed by atoms with E-state index in [4.69, 9.17) is 10.6 Å². The first-order valence-corrected chi connectivity index (χ1v) is 4.87. The maximum Gasteiger partial charge on any atom is 0.267 e. The predicted molar refractivity (Wildman–Crippen MR) is 52.4 cm³/mol. The van der Waals surface area contributed by atoms with Crippen molar-refractivity contribution in [1.82, 2.24) is 14.8 Å². The number of amides is 1. The van der Waals surface area contributed by atoms with Crippen molar-refractivity contribution in [2.45, 2.75) is 12.5 Å². The number of carbonyl (C=O) groups is 1. The van der Waals surface area contributed by atoms with Gasteiger partial charge in [-0.25, -0.2) is 5.06 Å². The highest BCUT2D eigenvalue weighted by Gasteiger charge is 2.26. The van der Waals surface area contributed by atoms with Crippen LogP contribution < -0.4 is 5.73 Å². The molecule has 1 aromatic heterocycles. The maximum absolute atomic E-state index is 11.8. The van der Waals surface area contributed by atoms with Crippen LogP contribution in [0.1, 0.15) is 18.0 Å². The molecule has 6 nitrogen and oxygen atoms in total. The van der Waals surface area contributed by atoms with Crippen molar-refractivity contribution in [1.29, 1.82) is 0 Å². The Bertz CT molecular complexity index is 357. The van der Waals surface area contributed by atoms with Gasteiger partial charge < -0.3 is 5.73 Å². The Balaban J connectivity index is 2.06. The molecule has 1 unspecified atom stereocenters. The van der Waals surface area contributed by atoms with E-state index in [2.05, 4.69) is 5.10 Å². The van der Waals surface area contributed by atoms with E-state index in [9.17, 15) is 4.79 Å². The molecule has 0 saturated carbocycles. The van der Waals surface area contributed by atoms with Crippen LogP contribution in [0, 0.1) is 0 Å². The van der Waals surface area contributed by atoms with E-state index in [1.807, 2.05) is 0 Å². The number of nitrogens with two attached hydrogens (primary N) is 1. The number of nitrogens with zero attached hydrogens (tertiary/aromatic N) is 3. The fraction of sp³-hybridized carbons (Fsp3) is 0.556. The van der Waals surface area contributed by atoms with Crippen molar-refractivity contribution in [2.75, 3.05) is 13.2 Å². The van der Waals surface area contributed by atoms with E-state index in [1.165, 1.54) is 5.06 Å². The average molecular weight is 210 g/mol. The first-order chi connectivity index (χ1) is 7.18. The zero-order chi connectivity index (χ0) is 10.8. The van der Waals surface area contributed by atoms with Gasteiger partial charge in [-0.1, -0.05) is 0 Å². The zero-order valence-electron chi connectivity index (χ0n) is 8.59. The molecule has 0 radical (unpaired) electrons. The van der Waals surface area contributed by atoms with Crippen molar-refractivity contribution in [3.63, 3.8) is 0 Å². The summed E-state index contributed by atoms with van der Waals surface area (Å²) < 4.78 is 1.62. The van der Waals surface area contributed by atoms with Gasteiger partial charge in [0.25, 0.3) is 5.91 Å². The Morgan fingerprint density at radius 1 is 1.73 bits per heavy atom. The summed E-state index contributed by atoms with van der Waals surface area (Å²) >= 11 is 0. The van der Waals surface area contributed by atoms with Gasteiger partial charge in [-0.2, -0.15) is 5.10 Å². The number of aryl methyl sites for hydroxylation is 1. The molecule has 6 heteroatoms. The highest BCUT2D eigenvalue weighted by molar-refractivity contribution is 5.82. The van der Waals surface area contributed by atoms with Crippen molar-refractivity contribution in [3.8, 4) is 0 Å². The third-order valence-corrected chi connectivity index (χ3v) is 2.35. The molecule has 82 valence electrons. The molecule has 2 heterocycles. The van der Waals surface area contributed by atoms with Crippen molar-refractivity contribution in [3.05, 3.63) is 18.0 Å². The summed E-state index contributed by atoms with van der Waals surface area (Å²) in [5.41, 5.74) is 6.51. The third-order valence-electron chi connectivity index (χ3n) is 2.35. The predicted octanol–water partition coefficient (Wildman–Crippen LogP) is -0.416. The molecule has 15 heavy (non-hydrogen) atoms. The van der Waals surface area contributed by atoms with Crippen LogP contribution >= 0.6 is 0 Å². The highest BCUT2D eigenvalue weighted by atomic mass is 16.7. The molecule has 1 aliphatic heterocycles. The van der Waals surface area contributed by atoms with Gasteiger partial charge in [0.15, 0.2) is 0 Å². The SMILES string of the molecule is Cn1cc(C(N)C(=O)N2CCCO2)cn1. The Morgan fingerprint density at radius 2 is 2.53 bits per heavy atom. The maximum atomic E-state index is 11.8. The van der Waals surface area contributed by atoms with Crippen LogP contribution in [-0.4, -0.2) is 33.9 Å². The molecule has 1 saturated heterocycles. The number of hydrogen-bond acceptors (Lipinski definition) is 4. The van der Waals surface area contributed by atoms with Crippen molar-refractivity contribution < 1.29 is 9.63 Å². The van der Waals surface area contributed by atoms with Crippen LogP contribution in [0.4, 0.5) is 0 Å². The van der Waals surface area contributed by atoms with E-state index >= 15 is 0 Å². The molecule has 0 aromatic carbocycles. The zero-order valence-corrected chi connectivity index (χ0v) is 8.59. The van der Waals surface area contributed by atoms with Crippen LogP contribution in [-0.2, 0) is 16.7 Å². The van der Waals surface area contributed by atoms with Crippen LogP contribution in [0.5, 0.6) is 0 Å². The fourth-order valence-corrected chi connectivity index (χ4v) is 1.52. The normalized spacial score (nSPS) is 18.1. The lowest BCUT2D eigenvalue weighted by Crippen LogP contribution is -2.35. The average Bonchev–Trinajstić information content (AvgIpc) is 2.85. The van der Waals surface area contributed by atoms with Crippen LogP contribution in [0.15, 0.2) is 12.4 Å². The number of hydrogen-bond donors (Lipinski definition) is 1. The summed E-state index contributed by atoms with van der Waals surface area (Å²) in [6.45, 7) is 1.21. The fourth-order valence-electron chi connectivity index (χ4n) is 1.52. The van der Waals surface area contributed by atoms with Gasteiger partial charge in [0, 0.05) is 18.8 Å². The second-order valence-corrected chi connectivity index (χ2v) is 3.55.